The Morgan fingerprint density at radius 1 is 1.32 bits per heavy atom. The van der Waals surface area contributed by atoms with Crippen LogP contribution in [-0.4, -0.2) is 24.6 Å². The van der Waals surface area contributed by atoms with E-state index in [0.29, 0.717) is 0 Å². The Labute approximate surface area is 135 Å². The molecule has 118 valence electrons. The first kappa shape index (κ1) is 16.9. The zero-order valence-corrected chi connectivity index (χ0v) is 13.6. The molecule has 0 aliphatic heterocycles. The molecule has 0 spiro atoms. The number of thioether (sulfide) groups is 1. The van der Waals surface area contributed by atoms with Gasteiger partial charge in [0.25, 0.3) is 0 Å². The van der Waals surface area contributed by atoms with Gasteiger partial charge >= 0.3 is 0 Å². The fraction of sp³-hybridized carbons (Fsp3) is 0.167. The molecule has 1 aromatic heterocycles. The molecule has 1 N–H and O–H groups in total. The fourth-order valence-electron chi connectivity index (χ4n) is 1.51. The summed E-state index contributed by atoms with van der Waals surface area (Å²) < 4.78 is 51.2. The number of sulfonamides is 1. The van der Waals surface area contributed by atoms with Crippen molar-refractivity contribution in [3.8, 4) is 0 Å². The third kappa shape index (κ3) is 4.79. The van der Waals surface area contributed by atoms with E-state index in [1.165, 1.54) is 18.2 Å². The number of hydrogen-bond acceptors (Lipinski definition) is 5. The molecule has 0 fully saturated rings. The van der Waals surface area contributed by atoms with Crippen molar-refractivity contribution in [2.24, 2.45) is 0 Å². The van der Waals surface area contributed by atoms with Gasteiger partial charge in [-0.05, 0) is 6.07 Å². The van der Waals surface area contributed by atoms with Gasteiger partial charge in [0.2, 0.25) is 10.0 Å². The summed E-state index contributed by atoms with van der Waals surface area (Å²) in [5.41, 5.74) is 0.145. The van der Waals surface area contributed by atoms with Gasteiger partial charge in [-0.25, -0.2) is 27.2 Å². The number of nitrogens with zero attached hydrogens (tertiary/aromatic N) is 2. The Bertz CT molecular complexity index is 803. The van der Waals surface area contributed by atoms with Gasteiger partial charge < -0.3 is 0 Å². The zero-order chi connectivity index (χ0) is 16.3. The number of aromatic nitrogens is 2. The summed E-state index contributed by atoms with van der Waals surface area (Å²) in [5.74, 6) is -1.80. The minimum absolute atomic E-state index is 0.00436. The van der Waals surface area contributed by atoms with E-state index in [9.17, 15) is 17.2 Å². The van der Waals surface area contributed by atoms with Gasteiger partial charge in [-0.1, -0.05) is 35.5 Å². The summed E-state index contributed by atoms with van der Waals surface area (Å²) in [5, 5.41) is 0.172. The van der Waals surface area contributed by atoms with Crippen molar-refractivity contribution in [2.45, 2.75) is 10.9 Å². The lowest BCUT2D eigenvalue weighted by molar-refractivity contribution is 0.502. The number of anilines is 1. The van der Waals surface area contributed by atoms with Gasteiger partial charge in [-0.15, -0.1) is 0 Å². The first-order chi connectivity index (χ1) is 10.2. The molecule has 0 aliphatic carbocycles. The molecule has 0 unspecified atom stereocenters. The molecular weight excluding hydrogens is 356 g/mol. The van der Waals surface area contributed by atoms with Crippen LogP contribution in [-0.2, 0) is 15.8 Å². The van der Waals surface area contributed by atoms with Gasteiger partial charge in [0.1, 0.15) is 11.0 Å². The molecule has 0 bridgehead atoms. The van der Waals surface area contributed by atoms with Crippen LogP contribution in [0.4, 0.5) is 14.6 Å². The number of halogens is 3. The Balaban J connectivity index is 2.18. The van der Waals surface area contributed by atoms with E-state index in [4.69, 9.17) is 11.6 Å². The lowest BCUT2D eigenvalue weighted by Crippen LogP contribution is -2.11. The average Bonchev–Trinajstić information content (AvgIpc) is 2.38. The highest BCUT2D eigenvalue weighted by atomic mass is 35.5. The molecule has 0 radical (unpaired) electrons. The van der Waals surface area contributed by atoms with Gasteiger partial charge in [-0.2, -0.15) is 0 Å². The number of benzene rings is 1. The zero-order valence-electron chi connectivity index (χ0n) is 11.2. The summed E-state index contributed by atoms with van der Waals surface area (Å²) in [4.78, 5) is 7.84. The fourth-order valence-corrected chi connectivity index (χ4v) is 3.06. The molecule has 0 atom stereocenters. The maximum absolute atomic E-state index is 13.5. The third-order valence-electron chi connectivity index (χ3n) is 2.35. The number of rotatable bonds is 5. The van der Waals surface area contributed by atoms with Crippen LogP contribution in [0.5, 0.6) is 0 Å². The number of nitrogens with one attached hydrogen (secondary N) is 1. The predicted molar refractivity (Wildman–Crippen MR) is 81.4 cm³/mol. The van der Waals surface area contributed by atoms with Crippen molar-refractivity contribution in [1.29, 1.82) is 0 Å². The normalized spacial score (nSPS) is 11.5. The minimum Gasteiger partial charge on any atom is -0.267 e. The van der Waals surface area contributed by atoms with Crippen LogP contribution in [0.3, 0.4) is 0 Å². The molecule has 0 saturated heterocycles. The summed E-state index contributed by atoms with van der Waals surface area (Å²) in [6, 6.07) is 5.10. The van der Waals surface area contributed by atoms with Crippen molar-refractivity contribution in [1.82, 2.24) is 9.97 Å². The first-order valence-corrected chi connectivity index (χ1v) is 9.08. The van der Waals surface area contributed by atoms with E-state index in [2.05, 4.69) is 14.7 Å². The van der Waals surface area contributed by atoms with E-state index in [-0.39, 0.29) is 27.4 Å². The van der Waals surface area contributed by atoms with E-state index >= 15 is 0 Å². The maximum atomic E-state index is 13.5. The van der Waals surface area contributed by atoms with Crippen molar-refractivity contribution < 1.29 is 17.2 Å². The second kappa shape index (κ2) is 6.76. The van der Waals surface area contributed by atoms with Crippen molar-refractivity contribution in [2.75, 3.05) is 11.0 Å². The highest BCUT2D eigenvalue weighted by molar-refractivity contribution is 7.98. The minimum atomic E-state index is -3.51. The Morgan fingerprint density at radius 2 is 2.05 bits per heavy atom. The van der Waals surface area contributed by atoms with Crippen molar-refractivity contribution in [3.05, 3.63) is 46.6 Å². The summed E-state index contributed by atoms with van der Waals surface area (Å²) in [7, 11) is -3.51. The Morgan fingerprint density at radius 3 is 2.73 bits per heavy atom. The Kier molecular flexibility index (Phi) is 5.20. The molecule has 10 heteroatoms. The van der Waals surface area contributed by atoms with E-state index in [0.717, 1.165) is 24.1 Å². The van der Waals surface area contributed by atoms with Gasteiger partial charge in [-0.3, -0.25) is 4.72 Å². The van der Waals surface area contributed by atoms with Crippen LogP contribution in [0, 0.1) is 11.6 Å². The average molecular weight is 366 g/mol. The molecule has 5 nitrogen and oxygen atoms in total. The summed E-state index contributed by atoms with van der Waals surface area (Å²) >= 11 is 6.79. The van der Waals surface area contributed by atoms with Crippen LogP contribution in [0.1, 0.15) is 5.56 Å². The van der Waals surface area contributed by atoms with Crippen molar-refractivity contribution >= 4 is 39.2 Å². The second-order valence-electron chi connectivity index (χ2n) is 4.23. The standard InChI is InChI=1S/C12H10ClF2N3O2S2/c1-22(19,20)18-10-5-9(13)16-12(17-10)21-6-7-3-2-4-8(14)11(7)15/h2-5H,6H2,1H3,(H,16,17,18). The lowest BCUT2D eigenvalue weighted by Gasteiger charge is -2.06. The third-order valence-corrected chi connectivity index (χ3v) is 4.02. The van der Waals surface area contributed by atoms with Gasteiger partial charge in [0.05, 0.1) is 6.26 Å². The quantitative estimate of drug-likeness (QED) is 0.501. The lowest BCUT2D eigenvalue weighted by atomic mass is 10.2. The molecule has 1 aromatic carbocycles. The van der Waals surface area contributed by atoms with E-state index in [1.807, 2.05) is 0 Å². The van der Waals surface area contributed by atoms with Crippen LogP contribution in [0.15, 0.2) is 29.4 Å². The monoisotopic (exact) mass is 365 g/mol. The highest BCUT2D eigenvalue weighted by Gasteiger charge is 2.11. The first-order valence-electron chi connectivity index (χ1n) is 5.82. The molecule has 2 rings (SSSR count). The van der Waals surface area contributed by atoms with Crippen LogP contribution in [0.25, 0.3) is 0 Å². The van der Waals surface area contributed by atoms with Crippen LogP contribution < -0.4 is 4.72 Å². The second-order valence-corrected chi connectivity index (χ2v) is 7.31. The molecule has 0 aliphatic rings. The molecular formula is C12H10ClF2N3O2S2. The van der Waals surface area contributed by atoms with E-state index in [1.54, 1.807) is 0 Å². The Hall–Kier alpha value is -1.45. The molecule has 22 heavy (non-hydrogen) atoms. The largest absolute Gasteiger partial charge is 0.267 e. The smallest absolute Gasteiger partial charge is 0.230 e. The van der Waals surface area contributed by atoms with Crippen LogP contribution >= 0.6 is 23.4 Å². The molecule has 2 aromatic rings. The van der Waals surface area contributed by atoms with Gasteiger partial charge in [0, 0.05) is 17.4 Å². The summed E-state index contributed by atoms with van der Waals surface area (Å²) in [6.07, 6.45) is 0.970. The van der Waals surface area contributed by atoms with Gasteiger partial charge in [0.15, 0.2) is 16.8 Å². The summed E-state index contributed by atoms with van der Waals surface area (Å²) in [6.45, 7) is 0. The molecule has 0 saturated carbocycles. The topological polar surface area (TPSA) is 72.0 Å². The predicted octanol–water partition coefficient (Wildman–Crippen LogP) is 3.07. The van der Waals surface area contributed by atoms with Crippen molar-refractivity contribution in [3.63, 3.8) is 0 Å². The van der Waals surface area contributed by atoms with Crippen LogP contribution in [0.2, 0.25) is 5.15 Å². The molecule has 0 amide bonds. The number of hydrogen-bond donors (Lipinski definition) is 1. The SMILES string of the molecule is CS(=O)(=O)Nc1cc(Cl)nc(SCc2cccc(F)c2F)n1. The molecule has 1 heterocycles. The van der Waals surface area contributed by atoms with E-state index < -0.39 is 21.7 Å². The highest BCUT2D eigenvalue weighted by Crippen LogP contribution is 2.25. The maximum Gasteiger partial charge on any atom is 0.230 e.